The average Bonchev–Trinajstić information content (AvgIpc) is 2.52. The Labute approximate surface area is 154 Å². The van der Waals surface area contributed by atoms with Gasteiger partial charge in [0.15, 0.2) is 0 Å². The second-order valence-corrected chi connectivity index (χ2v) is 5.98. The SMILES string of the molecule is COCCCNC(=O)CN(C)CC(=O)Nc1c(Cl)cccc1C(F)(F)F. The Bertz CT molecular complexity index is 626. The first-order valence-corrected chi connectivity index (χ1v) is 8.12. The first-order valence-electron chi connectivity index (χ1n) is 7.75. The number of anilines is 1. The third-order valence-electron chi connectivity index (χ3n) is 3.26. The zero-order valence-electron chi connectivity index (χ0n) is 14.5. The number of amides is 2. The van der Waals surface area contributed by atoms with Crippen molar-refractivity contribution in [3.05, 3.63) is 28.8 Å². The number of nitrogens with zero attached hydrogens (tertiary/aromatic N) is 1. The van der Waals surface area contributed by atoms with E-state index < -0.39 is 23.3 Å². The van der Waals surface area contributed by atoms with Crippen molar-refractivity contribution in [1.29, 1.82) is 0 Å². The summed E-state index contributed by atoms with van der Waals surface area (Å²) in [7, 11) is 3.06. The molecule has 0 saturated heterocycles. The van der Waals surface area contributed by atoms with E-state index in [0.717, 1.165) is 12.1 Å². The van der Waals surface area contributed by atoms with Crippen molar-refractivity contribution in [3.63, 3.8) is 0 Å². The first-order chi connectivity index (χ1) is 12.1. The Morgan fingerprint density at radius 2 is 1.88 bits per heavy atom. The predicted molar refractivity (Wildman–Crippen MR) is 92.1 cm³/mol. The van der Waals surface area contributed by atoms with Crippen LogP contribution in [0.2, 0.25) is 5.02 Å². The van der Waals surface area contributed by atoms with Crippen LogP contribution in [0.25, 0.3) is 0 Å². The lowest BCUT2D eigenvalue weighted by Crippen LogP contribution is -2.39. The van der Waals surface area contributed by atoms with Crippen LogP contribution < -0.4 is 10.6 Å². The van der Waals surface area contributed by atoms with Gasteiger partial charge in [-0.15, -0.1) is 0 Å². The zero-order valence-corrected chi connectivity index (χ0v) is 15.2. The van der Waals surface area contributed by atoms with Crippen LogP contribution in [-0.4, -0.2) is 57.1 Å². The Hall–Kier alpha value is -1.84. The number of ether oxygens (including phenoxy) is 1. The summed E-state index contributed by atoms with van der Waals surface area (Å²) in [6, 6.07) is 3.24. The number of carbonyl (C=O) groups is 2. The molecular weight excluding hydrogens is 375 g/mol. The number of benzene rings is 1. The van der Waals surface area contributed by atoms with E-state index in [1.165, 1.54) is 18.0 Å². The fourth-order valence-corrected chi connectivity index (χ4v) is 2.33. The van der Waals surface area contributed by atoms with Gasteiger partial charge in [-0.3, -0.25) is 14.5 Å². The third kappa shape index (κ3) is 7.59. The number of rotatable bonds is 9. The van der Waals surface area contributed by atoms with Crippen LogP contribution in [0, 0.1) is 0 Å². The van der Waals surface area contributed by atoms with Crippen LogP contribution in [0.5, 0.6) is 0 Å². The topological polar surface area (TPSA) is 70.7 Å². The van der Waals surface area contributed by atoms with Gasteiger partial charge in [0.05, 0.1) is 29.4 Å². The molecule has 0 aliphatic heterocycles. The molecule has 0 heterocycles. The van der Waals surface area contributed by atoms with E-state index in [1.54, 1.807) is 7.11 Å². The first kappa shape index (κ1) is 22.2. The van der Waals surface area contributed by atoms with E-state index in [4.69, 9.17) is 16.3 Å². The summed E-state index contributed by atoms with van der Waals surface area (Å²) in [6.07, 6.45) is -4.00. The van der Waals surface area contributed by atoms with E-state index in [1.807, 2.05) is 0 Å². The lowest BCUT2D eigenvalue weighted by molar-refractivity contribution is -0.137. The van der Waals surface area contributed by atoms with Crippen LogP contribution >= 0.6 is 11.6 Å². The largest absolute Gasteiger partial charge is 0.418 e. The molecule has 0 spiro atoms. The van der Waals surface area contributed by atoms with Crippen molar-refractivity contribution < 1.29 is 27.5 Å². The van der Waals surface area contributed by atoms with Gasteiger partial charge in [-0.2, -0.15) is 13.2 Å². The number of hydrogen-bond donors (Lipinski definition) is 2. The van der Waals surface area contributed by atoms with Crippen molar-refractivity contribution in [3.8, 4) is 0 Å². The molecule has 6 nitrogen and oxygen atoms in total. The minimum absolute atomic E-state index is 0.0744. The molecule has 2 amide bonds. The van der Waals surface area contributed by atoms with Crippen molar-refractivity contribution in [2.75, 3.05) is 45.7 Å². The molecule has 2 N–H and O–H groups in total. The number of carbonyl (C=O) groups excluding carboxylic acids is 2. The molecule has 1 rings (SSSR count). The van der Waals surface area contributed by atoms with E-state index in [0.29, 0.717) is 19.6 Å². The molecule has 146 valence electrons. The van der Waals surface area contributed by atoms with Crippen LogP contribution in [0.4, 0.5) is 18.9 Å². The van der Waals surface area contributed by atoms with Crippen LogP contribution in [-0.2, 0) is 20.5 Å². The van der Waals surface area contributed by atoms with Crippen molar-refractivity contribution >= 4 is 29.1 Å². The maximum Gasteiger partial charge on any atom is 0.418 e. The van der Waals surface area contributed by atoms with Gasteiger partial charge in [0.25, 0.3) is 0 Å². The number of hydrogen-bond acceptors (Lipinski definition) is 4. The monoisotopic (exact) mass is 395 g/mol. The minimum Gasteiger partial charge on any atom is -0.385 e. The molecule has 0 atom stereocenters. The Balaban J connectivity index is 2.58. The maximum atomic E-state index is 13.0. The normalized spacial score (nSPS) is 11.5. The third-order valence-corrected chi connectivity index (χ3v) is 3.57. The van der Waals surface area contributed by atoms with Crippen molar-refractivity contribution in [2.45, 2.75) is 12.6 Å². The van der Waals surface area contributed by atoms with Gasteiger partial charge in [0, 0.05) is 20.3 Å². The summed E-state index contributed by atoms with van der Waals surface area (Å²) < 4.78 is 43.9. The number of nitrogens with one attached hydrogen (secondary N) is 2. The molecule has 0 bridgehead atoms. The highest BCUT2D eigenvalue weighted by molar-refractivity contribution is 6.34. The fraction of sp³-hybridized carbons (Fsp3) is 0.500. The number of halogens is 4. The molecule has 0 aromatic heterocycles. The zero-order chi connectivity index (χ0) is 19.7. The van der Waals surface area contributed by atoms with Crippen molar-refractivity contribution in [2.24, 2.45) is 0 Å². The summed E-state index contributed by atoms with van der Waals surface area (Å²) in [5.74, 6) is -1.01. The van der Waals surface area contributed by atoms with E-state index in [-0.39, 0.29) is 24.0 Å². The number of alkyl halides is 3. The van der Waals surface area contributed by atoms with Gasteiger partial charge in [-0.1, -0.05) is 17.7 Å². The van der Waals surface area contributed by atoms with Gasteiger partial charge < -0.3 is 15.4 Å². The summed E-state index contributed by atoms with van der Waals surface area (Å²) in [6.45, 7) is 0.599. The van der Waals surface area contributed by atoms with Gasteiger partial charge in [0.1, 0.15) is 0 Å². The fourth-order valence-electron chi connectivity index (χ4n) is 2.11. The van der Waals surface area contributed by atoms with Crippen molar-refractivity contribution in [1.82, 2.24) is 10.2 Å². The van der Waals surface area contributed by atoms with Gasteiger partial charge in [0.2, 0.25) is 11.8 Å². The number of methoxy groups -OCH3 is 1. The van der Waals surface area contributed by atoms with Crippen LogP contribution in [0.3, 0.4) is 0 Å². The lowest BCUT2D eigenvalue weighted by Gasteiger charge is -2.18. The molecule has 0 saturated carbocycles. The molecule has 0 unspecified atom stereocenters. The quantitative estimate of drug-likeness (QED) is 0.630. The molecule has 10 heteroatoms. The highest BCUT2D eigenvalue weighted by atomic mass is 35.5. The standard InChI is InChI=1S/C16H21ClF3N3O3/c1-23(9-13(24)21-7-4-8-26-2)10-14(25)22-15-11(16(18,19)20)5-3-6-12(15)17/h3,5-6H,4,7-10H2,1-2H3,(H,21,24)(H,22,25). The second-order valence-electron chi connectivity index (χ2n) is 5.58. The highest BCUT2D eigenvalue weighted by Crippen LogP contribution is 2.38. The minimum atomic E-state index is -4.65. The Kier molecular flexibility index (Phi) is 8.83. The van der Waals surface area contributed by atoms with Crippen LogP contribution in [0.15, 0.2) is 18.2 Å². The van der Waals surface area contributed by atoms with Crippen LogP contribution in [0.1, 0.15) is 12.0 Å². The second kappa shape index (κ2) is 10.3. The highest BCUT2D eigenvalue weighted by Gasteiger charge is 2.34. The molecule has 26 heavy (non-hydrogen) atoms. The predicted octanol–water partition coefficient (Wildman–Crippen LogP) is 2.38. The molecular formula is C16H21ClF3N3O3. The molecule has 0 radical (unpaired) electrons. The molecule has 1 aromatic rings. The summed E-state index contributed by atoms with van der Waals surface area (Å²) in [5.41, 5.74) is -1.53. The molecule has 0 aliphatic carbocycles. The lowest BCUT2D eigenvalue weighted by atomic mass is 10.1. The van der Waals surface area contributed by atoms with Gasteiger partial charge >= 0.3 is 6.18 Å². The number of likely N-dealkylation sites (N-methyl/N-ethyl adjacent to an activating group) is 1. The number of para-hydroxylation sites is 1. The van der Waals surface area contributed by atoms with Gasteiger partial charge in [-0.25, -0.2) is 0 Å². The van der Waals surface area contributed by atoms with E-state index in [2.05, 4.69) is 10.6 Å². The summed E-state index contributed by atoms with van der Waals surface area (Å²) in [5, 5.41) is 4.60. The van der Waals surface area contributed by atoms with E-state index in [9.17, 15) is 22.8 Å². The van der Waals surface area contributed by atoms with Gasteiger partial charge in [-0.05, 0) is 25.6 Å². The summed E-state index contributed by atoms with van der Waals surface area (Å²) in [4.78, 5) is 25.1. The Morgan fingerprint density at radius 3 is 2.50 bits per heavy atom. The smallest absolute Gasteiger partial charge is 0.385 e. The average molecular weight is 396 g/mol. The Morgan fingerprint density at radius 1 is 1.23 bits per heavy atom. The molecule has 0 aliphatic rings. The van der Waals surface area contributed by atoms with E-state index >= 15 is 0 Å². The molecule has 1 aromatic carbocycles. The molecule has 0 fully saturated rings. The maximum absolute atomic E-state index is 13.0. The summed E-state index contributed by atoms with van der Waals surface area (Å²) >= 11 is 5.78.